The molecule has 0 amide bonds. The van der Waals surface area contributed by atoms with Crippen LogP contribution in [0.15, 0.2) is 54.6 Å². The van der Waals surface area contributed by atoms with Crippen LogP contribution in [0.25, 0.3) is 0 Å². The topological polar surface area (TPSA) is 94.8 Å². The minimum absolute atomic E-state index is 0.0228. The first-order valence-electron chi connectivity index (χ1n) is 7.89. The number of halogens is 4. The first-order chi connectivity index (χ1) is 13.5. The molecule has 5 nitrogen and oxygen atoms in total. The van der Waals surface area contributed by atoms with E-state index in [-0.39, 0.29) is 37.5 Å². The number of benzene rings is 3. The van der Waals surface area contributed by atoms with Crippen LogP contribution < -0.4 is 0 Å². The summed E-state index contributed by atoms with van der Waals surface area (Å²) in [6.45, 7) is 0. The Morgan fingerprint density at radius 2 is 1.31 bits per heavy atom. The fourth-order valence-electron chi connectivity index (χ4n) is 3.16. The molecule has 152 valence electrons. The minimum Gasteiger partial charge on any atom is -0.506 e. The second-order valence-electron chi connectivity index (χ2n) is 6.11. The molecule has 0 heterocycles. The summed E-state index contributed by atoms with van der Waals surface area (Å²) in [5, 5.41) is 20.4. The molecule has 3 aromatic rings. The van der Waals surface area contributed by atoms with Gasteiger partial charge in [0.1, 0.15) is 11.5 Å². The highest BCUT2D eigenvalue weighted by atomic mass is 35.5. The molecule has 1 atom stereocenters. The van der Waals surface area contributed by atoms with Crippen LogP contribution in [0.3, 0.4) is 0 Å². The lowest BCUT2D eigenvalue weighted by Crippen LogP contribution is -2.38. The third-order valence-electron chi connectivity index (χ3n) is 4.40. The van der Waals surface area contributed by atoms with Crippen LogP contribution in [0.1, 0.15) is 16.7 Å². The molecule has 10 heteroatoms. The van der Waals surface area contributed by atoms with E-state index in [0.717, 1.165) is 12.1 Å². The molecule has 0 radical (unpaired) electrons. The van der Waals surface area contributed by atoms with Gasteiger partial charge in [-0.15, -0.1) is 0 Å². The summed E-state index contributed by atoms with van der Waals surface area (Å²) < 4.78 is 33.9. The maximum atomic E-state index is 12.9. The fourth-order valence-corrected chi connectivity index (χ4v) is 5.25. The van der Waals surface area contributed by atoms with Crippen molar-refractivity contribution in [3.63, 3.8) is 0 Å². The predicted molar refractivity (Wildman–Crippen MR) is 114 cm³/mol. The van der Waals surface area contributed by atoms with E-state index in [1.54, 1.807) is 0 Å². The van der Waals surface area contributed by atoms with Crippen molar-refractivity contribution in [2.24, 2.45) is 0 Å². The second-order valence-corrected chi connectivity index (χ2v) is 9.36. The van der Waals surface area contributed by atoms with E-state index in [2.05, 4.69) is 0 Å². The van der Waals surface area contributed by atoms with E-state index >= 15 is 0 Å². The molecule has 0 aromatic heterocycles. The zero-order valence-electron chi connectivity index (χ0n) is 14.3. The Hall–Kier alpha value is -1.67. The Labute approximate surface area is 186 Å². The Morgan fingerprint density at radius 3 is 1.86 bits per heavy atom. The summed E-state index contributed by atoms with van der Waals surface area (Å²) in [5.74, 6) is -0.906. The van der Waals surface area contributed by atoms with Gasteiger partial charge in [-0.05, 0) is 47.5 Å². The van der Waals surface area contributed by atoms with Crippen LogP contribution in [0.2, 0.25) is 20.1 Å². The van der Waals surface area contributed by atoms with Gasteiger partial charge in [0.15, 0.2) is 4.75 Å². The van der Waals surface area contributed by atoms with Crippen molar-refractivity contribution < 1.29 is 23.2 Å². The normalized spacial score (nSPS) is 13.8. The molecule has 3 aromatic carbocycles. The second kappa shape index (κ2) is 7.87. The van der Waals surface area contributed by atoms with Crippen molar-refractivity contribution in [3.05, 3.63) is 91.4 Å². The maximum absolute atomic E-state index is 12.9. The molecular weight excluding hydrogens is 482 g/mol. The molecule has 0 saturated carbocycles. The first kappa shape index (κ1) is 22.0. The van der Waals surface area contributed by atoms with Gasteiger partial charge < -0.3 is 10.2 Å². The molecule has 3 N–H and O–H groups in total. The Kier molecular flexibility index (Phi) is 5.98. The van der Waals surface area contributed by atoms with Gasteiger partial charge in [0, 0.05) is 15.6 Å². The summed E-state index contributed by atoms with van der Waals surface area (Å²) >= 11 is 24.1. The number of aromatic hydroxyl groups is 2. The zero-order valence-corrected chi connectivity index (χ0v) is 18.1. The highest BCUT2D eigenvalue weighted by Gasteiger charge is 2.50. The lowest BCUT2D eigenvalue weighted by molar-refractivity contribution is 0.440. The number of phenolic OH excluding ortho intramolecular Hbond substituents is 2. The molecule has 0 aliphatic rings. The summed E-state index contributed by atoms with van der Waals surface area (Å²) in [6, 6.07) is 11.5. The number of hydrogen-bond donors (Lipinski definition) is 3. The van der Waals surface area contributed by atoms with Crippen LogP contribution in [-0.2, 0) is 14.9 Å². The molecule has 0 fully saturated rings. The van der Waals surface area contributed by atoms with E-state index in [9.17, 15) is 23.2 Å². The SMILES string of the molecule is O=S(=O)(O)C(c1ccc(Cl)cc1)(c1ccc(O)c(Cl)c1)c1cc(Cl)cc(Cl)c1O. The van der Waals surface area contributed by atoms with E-state index in [4.69, 9.17) is 46.4 Å². The van der Waals surface area contributed by atoms with Crippen molar-refractivity contribution in [3.8, 4) is 11.5 Å². The van der Waals surface area contributed by atoms with Crippen molar-refractivity contribution in [1.82, 2.24) is 0 Å². The first-order valence-corrected chi connectivity index (χ1v) is 10.8. The van der Waals surface area contributed by atoms with Crippen LogP contribution in [0, 0.1) is 0 Å². The van der Waals surface area contributed by atoms with Crippen molar-refractivity contribution >= 4 is 56.5 Å². The van der Waals surface area contributed by atoms with Gasteiger partial charge in [-0.2, -0.15) is 8.42 Å². The lowest BCUT2D eigenvalue weighted by Gasteiger charge is -2.33. The minimum atomic E-state index is -5.04. The van der Waals surface area contributed by atoms with Gasteiger partial charge in [-0.1, -0.05) is 64.6 Å². The van der Waals surface area contributed by atoms with Crippen molar-refractivity contribution in [1.29, 1.82) is 0 Å². The fraction of sp³-hybridized carbons (Fsp3) is 0.0526. The summed E-state index contributed by atoms with van der Waals surface area (Å²) in [4.78, 5) is 0. The summed E-state index contributed by atoms with van der Waals surface area (Å²) in [7, 11) is -5.04. The van der Waals surface area contributed by atoms with Gasteiger partial charge in [-0.25, -0.2) is 0 Å². The summed E-state index contributed by atoms with van der Waals surface area (Å²) in [6.07, 6.45) is 0. The molecule has 0 aliphatic heterocycles. The van der Waals surface area contributed by atoms with Gasteiger partial charge in [-0.3, -0.25) is 4.55 Å². The molecule has 3 rings (SSSR count). The van der Waals surface area contributed by atoms with Crippen molar-refractivity contribution in [2.45, 2.75) is 4.75 Å². The van der Waals surface area contributed by atoms with Crippen LogP contribution >= 0.6 is 46.4 Å². The molecule has 0 spiro atoms. The maximum Gasteiger partial charge on any atom is 0.283 e. The molecule has 0 bridgehead atoms. The zero-order chi connectivity index (χ0) is 21.6. The Balaban J connectivity index is 2.58. The third kappa shape index (κ3) is 3.77. The largest absolute Gasteiger partial charge is 0.506 e. The van der Waals surface area contributed by atoms with E-state index in [0.29, 0.717) is 5.02 Å². The number of phenols is 2. The van der Waals surface area contributed by atoms with Crippen LogP contribution in [0.5, 0.6) is 11.5 Å². The van der Waals surface area contributed by atoms with E-state index in [1.807, 2.05) is 0 Å². The smallest absolute Gasteiger partial charge is 0.283 e. The van der Waals surface area contributed by atoms with Gasteiger partial charge >= 0.3 is 0 Å². The Morgan fingerprint density at radius 1 is 0.724 bits per heavy atom. The van der Waals surface area contributed by atoms with Gasteiger partial charge in [0.05, 0.1) is 10.0 Å². The average Bonchev–Trinajstić information content (AvgIpc) is 2.62. The van der Waals surface area contributed by atoms with E-state index in [1.165, 1.54) is 42.5 Å². The Bertz CT molecular complexity index is 1200. The van der Waals surface area contributed by atoms with Crippen LogP contribution in [-0.4, -0.2) is 23.2 Å². The third-order valence-corrected chi connectivity index (χ3v) is 6.93. The number of rotatable bonds is 4. The molecule has 1 unspecified atom stereocenters. The van der Waals surface area contributed by atoms with Gasteiger partial charge in [0.25, 0.3) is 10.1 Å². The average molecular weight is 494 g/mol. The van der Waals surface area contributed by atoms with Gasteiger partial charge in [0.2, 0.25) is 0 Å². The molecule has 0 aliphatic carbocycles. The molecule has 29 heavy (non-hydrogen) atoms. The lowest BCUT2D eigenvalue weighted by atomic mass is 9.83. The van der Waals surface area contributed by atoms with Crippen LogP contribution in [0.4, 0.5) is 0 Å². The molecular formula is C19H12Cl4O5S. The summed E-state index contributed by atoms with van der Waals surface area (Å²) in [5.41, 5.74) is -0.347. The molecule has 0 saturated heterocycles. The highest BCUT2D eigenvalue weighted by Crippen LogP contribution is 2.50. The standard InChI is InChI=1S/C19H12Cl4O5S/c20-12-4-1-10(2-5-12)19(29(26,27)28,11-3-6-17(24)15(22)7-11)14-8-13(21)9-16(23)18(14)25/h1-9,24-25H,(H,26,27,28). The monoisotopic (exact) mass is 492 g/mol. The quantitative estimate of drug-likeness (QED) is 0.311. The van der Waals surface area contributed by atoms with Crippen molar-refractivity contribution in [2.75, 3.05) is 0 Å². The predicted octanol–water partition coefficient (Wildman–Crippen LogP) is 5.89. The van der Waals surface area contributed by atoms with E-state index < -0.39 is 20.6 Å². The number of hydrogen-bond acceptors (Lipinski definition) is 4. The highest BCUT2D eigenvalue weighted by molar-refractivity contribution is 7.87.